The summed E-state index contributed by atoms with van der Waals surface area (Å²) in [6.07, 6.45) is 9.23. The van der Waals surface area contributed by atoms with Crippen molar-refractivity contribution in [2.24, 2.45) is 0 Å². The molecule has 0 saturated heterocycles. The van der Waals surface area contributed by atoms with Gasteiger partial charge in [0.2, 0.25) is 0 Å². The average Bonchev–Trinajstić information content (AvgIpc) is 3.04. The van der Waals surface area contributed by atoms with E-state index in [0.717, 1.165) is 12.8 Å². The highest BCUT2D eigenvalue weighted by atomic mass is 14.2. The van der Waals surface area contributed by atoms with Crippen molar-refractivity contribution in [2.45, 2.75) is 12.8 Å². The fourth-order valence-corrected chi connectivity index (χ4v) is 6.66. The van der Waals surface area contributed by atoms with Crippen molar-refractivity contribution in [2.75, 3.05) is 0 Å². The van der Waals surface area contributed by atoms with E-state index in [1.54, 1.807) is 0 Å². The molecule has 0 radical (unpaired) electrons. The molecular weight excluding hydrogens is 480 g/mol. The van der Waals surface area contributed by atoms with Crippen molar-refractivity contribution in [3.05, 3.63) is 151 Å². The zero-order valence-corrected chi connectivity index (χ0v) is 22.3. The van der Waals surface area contributed by atoms with E-state index in [2.05, 4.69) is 146 Å². The minimum absolute atomic E-state index is 1.10. The van der Waals surface area contributed by atoms with Gasteiger partial charge in [-0.3, -0.25) is 0 Å². The fraction of sp³-hybridized carbons (Fsp3) is 0.0500. The van der Waals surface area contributed by atoms with Gasteiger partial charge < -0.3 is 0 Å². The lowest BCUT2D eigenvalue weighted by molar-refractivity contribution is 1.04. The lowest BCUT2D eigenvalue weighted by Gasteiger charge is -2.19. The number of allylic oxidation sites excluding steroid dienone is 4. The molecule has 8 rings (SSSR count). The molecule has 188 valence electrons. The van der Waals surface area contributed by atoms with E-state index in [1.807, 2.05) is 0 Å². The van der Waals surface area contributed by atoms with E-state index in [4.69, 9.17) is 0 Å². The van der Waals surface area contributed by atoms with Crippen molar-refractivity contribution in [1.29, 1.82) is 0 Å². The Bertz CT molecular complexity index is 2080. The molecule has 0 heterocycles. The molecule has 0 aliphatic heterocycles. The monoisotopic (exact) mass is 508 g/mol. The molecule has 7 aromatic carbocycles. The molecule has 1 aliphatic carbocycles. The minimum atomic E-state index is 1.10. The van der Waals surface area contributed by atoms with Gasteiger partial charge in [-0.2, -0.15) is 0 Å². The third-order valence-electron chi connectivity index (χ3n) is 8.47. The van der Waals surface area contributed by atoms with Crippen molar-refractivity contribution in [3.8, 4) is 22.3 Å². The van der Waals surface area contributed by atoms with Gasteiger partial charge in [0.05, 0.1) is 0 Å². The van der Waals surface area contributed by atoms with Crippen LogP contribution in [0.15, 0.2) is 146 Å². The van der Waals surface area contributed by atoms with E-state index in [1.165, 1.54) is 76.5 Å². The van der Waals surface area contributed by atoms with Crippen LogP contribution in [0.1, 0.15) is 18.4 Å². The van der Waals surface area contributed by atoms with Crippen molar-refractivity contribution < 1.29 is 0 Å². The van der Waals surface area contributed by atoms with E-state index in [9.17, 15) is 0 Å². The summed E-state index contributed by atoms with van der Waals surface area (Å²) in [7, 11) is 0. The molecule has 0 atom stereocenters. The van der Waals surface area contributed by atoms with Crippen LogP contribution in [0.4, 0.5) is 0 Å². The molecule has 7 aromatic rings. The van der Waals surface area contributed by atoms with Crippen LogP contribution in [-0.2, 0) is 0 Å². The van der Waals surface area contributed by atoms with Gasteiger partial charge in [0, 0.05) is 0 Å². The molecule has 0 unspecified atom stereocenters. The lowest BCUT2D eigenvalue weighted by atomic mass is 9.84. The lowest BCUT2D eigenvalue weighted by Crippen LogP contribution is -1.94. The Kier molecular flexibility index (Phi) is 5.38. The maximum Gasteiger partial charge on any atom is -0.00264 e. The van der Waals surface area contributed by atoms with Crippen molar-refractivity contribution in [3.63, 3.8) is 0 Å². The van der Waals surface area contributed by atoms with Crippen LogP contribution in [0, 0.1) is 0 Å². The van der Waals surface area contributed by atoms with Crippen LogP contribution >= 0.6 is 0 Å². The highest BCUT2D eigenvalue weighted by molar-refractivity contribution is 6.19. The Morgan fingerprint density at radius 2 is 0.925 bits per heavy atom. The molecule has 0 bridgehead atoms. The summed E-state index contributed by atoms with van der Waals surface area (Å²) in [5.74, 6) is 0. The highest BCUT2D eigenvalue weighted by Gasteiger charge is 2.17. The van der Waals surface area contributed by atoms with Crippen LogP contribution in [0.25, 0.3) is 70.9 Å². The van der Waals surface area contributed by atoms with Gasteiger partial charge in [0.15, 0.2) is 0 Å². The Hall–Kier alpha value is -4.94. The molecule has 0 spiro atoms. The standard InChI is InChI=1S/C40H28/c1-2-12-28(13-3-1)39-34-18-8-10-20-36(34)40(37-21-11-9-19-35(37)39)29-24-22-27(23-25-29)38-26-30-14-4-5-15-31(30)32-16-6-7-17-33(32)38/h2,4-26H,1,3H2. The maximum atomic E-state index is 2.40. The largest absolute Gasteiger partial charge is 0.0836 e. The summed E-state index contributed by atoms with van der Waals surface area (Å²) in [6.45, 7) is 0. The SMILES string of the molecule is C1=CC(c2c3ccccc3c(-c3ccc(-c4cc5ccccc5c5ccccc45)cc3)c3ccccc23)=CCC1. The minimum Gasteiger partial charge on any atom is -0.0836 e. The molecule has 40 heavy (non-hydrogen) atoms. The molecule has 0 N–H and O–H groups in total. The van der Waals surface area contributed by atoms with Gasteiger partial charge in [0.1, 0.15) is 0 Å². The smallest absolute Gasteiger partial charge is 0.00264 e. The summed E-state index contributed by atoms with van der Waals surface area (Å²) in [5.41, 5.74) is 7.77. The quantitative estimate of drug-likeness (QED) is 0.164. The van der Waals surface area contributed by atoms with Crippen molar-refractivity contribution >= 4 is 48.7 Å². The van der Waals surface area contributed by atoms with Crippen LogP contribution < -0.4 is 0 Å². The molecule has 1 aliphatic rings. The Labute approximate surface area is 234 Å². The topological polar surface area (TPSA) is 0 Å². The van der Waals surface area contributed by atoms with Gasteiger partial charge in [-0.25, -0.2) is 0 Å². The van der Waals surface area contributed by atoms with Crippen LogP contribution in [0.5, 0.6) is 0 Å². The second-order valence-corrected chi connectivity index (χ2v) is 10.7. The number of fused-ring (bicyclic) bond motifs is 5. The predicted molar refractivity (Wildman–Crippen MR) is 174 cm³/mol. The summed E-state index contributed by atoms with van der Waals surface area (Å²) < 4.78 is 0. The van der Waals surface area contributed by atoms with E-state index in [0.29, 0.717) is 0 Å². The van der Waals surface area contributed by atoms with Gasteiger partial charge in [-0.1, -0.05) is 140 Å². The zero-order chi connectivity index (χ0) is 26.5. The van der Waals surface area contributed by atoms with Crippen molar-refractivity contribution in [1.82, 2.24) is 0 Å². The molecule has 0 heteroatoms. The van der Waals surface area contributed by atoms with E-state index in [-0.39, 0.29) is 0 Å². The molecule has 0 saturated carbocycles. The van der Waals surface area contributed by atoms with Crippen LogP contribution in [-0.4, -0.2) is 0 Å². The number of hydrogen-bond donors (Lipinski definition) is 0. The van der Waals surface area contributed by atoms with E-state index >= 15 is 0 Å². The predicted octanol–water partition coefficient (Wildman–Crippen LogP) is 11.4. The zero-order valence-electron chi connectivity index (χ0n) is 22.3. The highest BCUT2D eigenvalue weighted by Crippen LogP contribution is 2.43. The van der Waals surface area contributed by atoms with Gasteiger partial charge in [0.25, 0.3) is 0 Å². The first-order chi connectivity index (χ1) is 19.9. The molecular formula is C40H28. The Morgan fingerprint density at radius 1 is 0.400 bits per heavy atom. The first-order valence-electron chi connectivity index (χ1n) is 14.2. The fourth-order valence-electron chi connectivity index (χ4n) is 6.66. The normalized spacial score (nSPS) is 13.3. The molecule has 0 nitrogen and oxygen atoms in total. The summed E-state index contributed by atoms with van der Waals surface area (Å²) in [4.78, 5) is 0. The average molecular weight is 509 g/mol. The second-order valence-electron chi connectivity index (χ2n) is 10.7. The third kappa shape index (κ3) is 3.61. The summed E-state index contributed by atoms with van der Waals surface area (Å²) in [6, 6.07) is 46.9. The van der Waals surface area contributed by atoms with Gasteiger partial charge >= 0.3 is 0 Å². The number of benzene rings is 7. The van der Waals surface area contributed by atoms with Gasteiger partial charge in [-0.05, 0) is 95.4 Å². The third-order valence-corrected chi connectivity index (χ3v) is 8.47. The number of hydrogen-bond acceptors (Lipinski definition) is 0. The summed E-state index contributed by atoms with van der Waals surface area (Å²) in [5, 5.41) is 10.4. The maximum absolute atomic E-state index is 2.40. The Balaban J connectivity index is 1.35. The van der Waals surface area contributed by atoms with E-state index < -0.39 is 0 Å². The molecule has 0 amide bonds. The van der Waals surface area contributed by atoms with Crippen LogP contribution in [0.3, 0.4) is 0 Å². The second kappa shape index (κ2) is 9.36. The number of rotatable bonds is 3. The molecule has 0 aromatic heterocycles. The van der Waals surface area contributed by atoms with Crippen LogP contribution in [0.2, 0.25) is 0 Å². The molecule has 0 fully saturated rings. The Morgan fingerprint density at radius 3 is 1.55 bits per heavy atom. The van der Waals surface area contributed by atoms with Gasteiger partial charge in [-0.15, -0.1) is 0 Å². The first-order valence-corrected chi connectivity index (χ1v) is 14.2. The summed E-state index contributed by atoms with van der Waals surface area (Å²) >= 11 is 0. The first kappa shape index (κ1) is 23.0.